The minimum Gasteiger partial charge on any atom is -0.399 e. The average Bonchev–Trinajstić information content (AvgIpc) is 2.14. The molecule has 1 aromatic carbocycles. The van der Waals surface area contributed by atoms with Gasteiger partial charge in [-0.15, -0.1) is 0 Å². The van der Waals surface area contributed by atoms with E-state index in [4.69, 9.17) is 10.5 Å². The molecule has 0 saturated heterocycles. The molecule has 1 aromatic rings. The van der Waals surface area contributed by atoms with Crippen LogP contribution in [0.1, 0.15) is 0 Å². The molecular weight excluding hydrogens is 205 g/mol. The maximum absolute atomic E-state index is 13.2. The van der Waals surface area contributed by atoms with Gasteiger partial charge >= 0.3 is 0 Å². The standard InChI is InChI=1S/C9H12FNO2S/c1-13-4-5-14(12)9-3-2-7(11)6-8(9)10/h2-3,6H,4-5,11H2,1H3. The number of ether oxygens (including phenoxy) is 1. The molecule has 0 aromatic heterocycles. The van der Waals surface area contributed by atoms with Crippen molar-refractivity contribution in [3.8, 4) is 0 Å². The maximum Gasteiger partial charge on any atom is 0.141 e. The smallest absolute Gasteiger partial charge is 0.141 e. The number of hydrogen-bond acceptors (Lipinski definition) is 3. The van der Waals surface area contributed by atoms with Crippen LogP contribution in [0.3, 0.4) is 0 Å². The third-order valence-electron chi connectivity index (χ3n) is 1.67. The second-order valence-corrected chi connectivity index (χ2v) is 4.27. The van der Waals surface area contributed by atoms with E-state index in [9.17, 15) is 8.60 Å². The number of nitrogens with two attached hydrogens (primary N) is 1. The van der Waals surface area contributed by atoms with Crippen molar-refractivity contribution in [2.75, 3.05) is 25.2 Å². The van der Waals surface area contributed by atoms with Crippen LogP contribution >= 0.6 is 0 Å². The van der Waals surface area contributed by atoms with Crippen LogP contribution in [0.15, 0.2) is 23.1 Å². The second-order valence-electron chi connectivity index (χ2n) is 2.73. The Bertz CT molecular complexity index is 344. The highest BCUT2D eigenvalue weighted by atomic mass is 32.2. The van der Waals surface area contributed by atoms with Gasteiger partial charge in [0.1, 0.15) is 5.82 Å². The molecule has 5 heteroatoms. The summed E-state index contributed by atoms with van der Waals surface area (Å²) in [5.74, 6) is -0.239. The quantitative estimate of drug-likeness (QED) is 0.770. The molecule has 0 aliphatic rings. The molecule has 1 atom stereocenters. The Balaban J connectivity index is 2.80. The fourth-order valence-corrected chi connectivity index (χ4v) is 2.00. The molecular formula is C9H12FNO2S. The number of anilines is 1. The lowest BCUT2D eigenvalue weighted by molar-refractivity contribution is 0.218. The normalized spacial score (nSPS) is 12.7. The zero-order chi connectivity index (χ0) is 10.6. The van der Waals surface area contributed by atoms with Gasteiger partial charge in [0.15, 0.2) is 0 Å². The Kier molecular flexibility index (Phi) is 4.03. The summed E-state index contributed by atoms with van der Waals surface area (Å²) in [6.07, 6.45) is 0. The van der Waals surface area contributed by atoms with E-state index in [2.05, 4.69) is 0 Å². The van der Waals surface area contributed by atoms with E-state index in [1.807, 2.05) is 0 Å². The maximum atomic E-state index is 13.2. The first-order valence-corrected chi connectivity index (χ1v) is 5.39. The van der Waals surface area contributed by atoms with Gasteiger partial charge in [-0.3, -0.25) is 4.21 Å². The summed E-state index contributed by atoms with van der Waals surface area (Å²) in [6.45, 7) is 0.344. The van der Waals surface area contributed by atoms with Gasteiger partial charge in [-0.1, -0.05) is 0 Å². The fraction of sp³-hybridized carbons (Fsp3) is 0.333. The molecule has 0 aliphatic heterocycles. The molecule has 0 amide bonds. The molecule has 1 unspecified atom stereocenters. The zero-order valence-electron chi connectivity index (χ0n) is 7.83. The van der Waals surface area contributed by atoms with Crippen molar-refractivity contribution in [1.29, 1.82) is 0 Å². The van der Waals surface area contributed by atoms with Gasteiger partial charge in [-0.2, -0.15) is 0 Å². The molecule has 0 radical (unpaired) electrons. The van der Waals surface area contributed by atoms with Gasteiger partial charge in [-0.05, 0) is 18.2 Å². The Hall–Kier alpha value is -0.940. The molecule has 0 fully saturated rings. The van der Waals surface area contributed by atoms with Crippen molar-refractivity contribution in [2.24, 2.45) is 0 Å². The van der Waals surface area contributed by atoms with Crippen molar-refractivity contribution in [1.82, 2.24) is 0 Å². The van der Waals surface area contributed by atoms with E-state index in [1.54, 1.807) is 0 Å². The number of benzene rings is 1. The van der Waals surface area contributed by atoms with Gasteiger partial charge in [0.25, 0.3) is 0 Å². The second kappa shape index (κ2) is 5.07. The summed E-state index contributed by atoms with van der Waals surface area (Å²) in [5, 5.41) is 0. The first-order chi connectivity index (χ1) is 6.65. The molecule has 0 saturated carbocycles. The molecule has 0 aliphatic carbocycles. The molecule has 3 nitrogen and oxygen atoms in total. The van der Waals surface area contributed by atoms with E-state index in [-0.39, 0.29) is 10.6 Å². The van der Waals surface area contributed by atoms with Crippen LogP contribution in [0, 0.1) is 5.82 Å². The van der Waals surface area contributed by atoms with Crippen LogP contribution < -0.4 is 5.73 Å². The Labute approximate surface area is 84.5 Å². The van der Waals surface area contributed by atoms with E-state index >= 15 is 0 Å². The molecule has 14 heavy (non-hydrogen) atoms. The monoisotopic (exact) mass is 217 g/mol. The number of halogens is 1. The van der Waals surface area contributed by atoms with Crippen molar-refractivity contribution in [3.05, 3.63) is 24.0 Å². The number of nitrogen functional groups attached to an aromatic ring is 1. The summed E-state index contributed by atoms with van der Waals surface area (Å²) in [4.78, 5) is 0.177. The van der Waals surface area contributed by atoms with Crippen LogP contribution in [0.5, 0.6) is 0 Å². The number of methoxy groups -OCH3 is 1. The van der Waals surface area contributed by atoms with E-state index in [0.717, 1.165) is 0 Å². The highest BCUT2D eigenvalue weighted by molar-refractivity contribution is 7.85. The highest BCUT2D eigenvalue weighted by Crippen LogP contribution is 2.15. The van der Waals surface area contributed by atoms with Crippen LogP contribution in [0.2, 0.25) is 0 Å². The summed E-state index contributed by atoms with van der Waals surface area (Å²) in [7, 11) is 0.152. The first-order valence-electron chi connectivity index (χ1n) is 4.07. The van der Waals surface area contributed by atoms with Gasteiger partial charge in [0, 0.05) is 12.8 Å². The van der Waals surface area contributed by atoms with Crippen LogP contribution in [-0.4, -0.2) is 23.7 Å². The van der Waals surface area contributed by atoms with Crippen LogP contribution in [-0.2, 0) is 15.5 Å². The Morgan fingerprint density at radius 3 is 2.86 bits per heavy atom. The SMILES string of the molecule is COCCS(=O)c1ccc(N)cc1F. The van der Waals surface area contributed by atoms with Gasteiger partial charge < -0.3 is 10.5 Å². The largest absolute Gasteiger partial charge is 0.399 e. The summed E-state index contributed by atoms with van der Waals surface area (Å²) in [6, 6.07) is 4.14. The number of hydrogen-bond donors (Lipinski definition) is 1. The zero-order valence-corrected chi connectivity index (χ0v) is 8.64. The summed E-state index contributed by atoms with van der Waals surface area (Å²) >= 11 is 0. The average molecular weight is 217 g/mol. The van der Waals surface area contributed by atoms with E-state index < -0.39 is 16.6 Å². The highest BCUT2D eigenvalue weighted by Gasteiger charge is 2.09. The number of rotatable bonds is 4. The van der Waals surface area contributed by atoms with Crippen molar-refractivity contribution in [3.63, 3.8) is 0 Å². The van der Waals surface area contributed by atoms with Crippen LogP contribution in [0.4, 0.5) is 10.1 Å². The van der Waals surface area contributed by atoms with Crippen LogP contribution in [0.25, 0.3) is 0 Å². The minimum atomic E-state index is -1.36. The van der Waals surface area contributed by atoms with E-state index in [1.165, 1.54) is 25.3 Å². The molecule has 1 rings (SSSR count). The summed E-state index contributed by atoms with van der Waals surface area (Å²) < 4.78 is 29.5. The molecule has 78 valence electrons. The van der Waals surface area contributed by atoms with Crippen molar-refractivity contribution in [2.45, 2.75) is 4.90 Å². The van der Waals surface area contributed by atoms with E-state index in [0.29, 0.717) is 12.3 Å². The molecule has 0 bridgehead atoms. The van der Waals surface area contributed by atoms with Gasteiger partial charge in [0.2, 0.25) is 0 Å². The molecule has 0 heterocycles. The van der Waals surface area contributed by atoms with Crippen molar-refractivity contribution < 1.29 is 13.3 Å². The Morgan fingerprint density at radius 2 is 2.29 bits per heavy atom. The Morgan fingerprint density at radius 1 is 1.57 bits per heavy atom. The topological polar surface area (TPSA) is 52.3 Å². The third-order valence-corrected chi connectivity index (χ3v) is 3.03. The molecule has 2 N–H and O–H groups in total. The van der Waals surface area contributed by atoms with Gasteiger partial charge in [0.05, 0.1) is 28.1 Å². The third kappa shape index (κ3) is 2.78. The predicted molar refractivity (Wildman–Crippen MR) is 54.0 cm³/mol. The lowest BCUT2D eigenvalue weighted by Gasteiger charge is -2.03. The lowest BCUT2D eigenvalue weighted by Crippen LogP contribution is -2.06. The van der Waals surface area contributed by atoms with Gasteiger partial charge in [-0.25, -0.2) is 4.39 Å². The molecule has 0 spiro atoms. The van der Waals surface area contributed by atoms with Crippen molar-refractivity contribution >= 4 is 16.5 Å². The fourth-order valence-electron chi connectivity index (χ4n) is 0.971. The first kappa shape index (κ1) is 11.1. The minimum absolute atomic E-state index is 0.177. The lowest BCUT2D eigenvalue weighted by atomic mass is 10.3. The summed E-state index contributed by atoms with van der Waals surface area (Å²) in [5.41, 5.74) is 5.69. The predicted octanol–water partition coefficient (Wildman–Crippen LogP) is 1.16.